The van der Waals surface area contributed by atoms with Crippen molar-refractivity contribution in [2.75, 3.05) is 5.32 Å². The largest absolute Gasteiger partial charge is 0.485 e. The van der Waals surface area contributed by atoms with Gasteiger partial charge in [-0.2, -0.15) is 13.8 Å². The summed E-state index contributed by atoms with van der Waals surface area (Å²) in [5.74, 6) is -1.76. The molecule has 0 fully saturated rings. The van der Waals surface area contributed by atoms with Crippen LogP contribution >= 0.6 is 23.4 Å². The molecule has 0 saturated heterocycles. The van der Waals surface area contributed by atoms with Gasteiger partial charge in [0.25, 0.3) is 11.7 Å². The fourth-order valence-electron chi connectivity index (χ4n) is 2.26. The first-order valence-corrected chi connectivity index (χ1v) is 9.25. The number of aryl methyl sites for hydroxylation is 1. The number of benzene rings is 2. The Bertz CT molecular complexity index is 967. The molecule has 0 aliphatic rings. The van der Waals surface area contributed by atoms with Crippen molar-refractivity contribution < 1.29 is 22.8 Å². The molecule has 0 aliphatic heterocycles. The molecule has 0 saturated carbocycles. The first-order chi connectivity index (χ1) is 13.4. The molecule has 10 heteroatoms. The zero-order valence-corrected chi connectivity index (χ0v) is 16.1. The highest BCUT2D eigenvalue weighted by Crippen LogP contribution is 2.37. The van der Waals surface area contributed by atoms with Crippen molar-refractivity contribution in [1.29, 1.82) is 0 Å². The van der Waals surface area contributed by atoms with E-state index in [9.17, 15) is 13.6 Å². The van der Waals surface area contributed by atoms with Gasteiger partial charge in [0.1, 0.15) is 5.75 Å². The summed E-state index contributed by atoms with van der Waals surface area (Å²) in [6.45, 7) is 1.80. The van der Waals surface area contributed by atoms with Crippen LogP contribution in [0.1, 0.15) is 22.1 Å². The highest BCUT2D eigenvalue weighted by Gasteiger charge is 2.16. The minimum absolute atomic E-state index is 0.114. The van der Waals surface area contributed by atoms with Gasteiger partial charge in [-0.3, -0.25) is 4.79 Å². The topological polar surface area (TPSA) is 77.2 Å². The van der Waals surface area contributed by atoms with Crippen molar-refractivity contribution in [3.05, 3.63) is 64.8 Å². The molecule has 1 amide bonds. The highest BCUT2D eigenvalue weighted by molar-refractivity contribution is 7.99. The van der Waals surface area contributed by atoms with Gasteiger partial charge in [-0.1, -0.05) is 34.6 Å². The van der Waals surface area contributed by atoms with Crippen molar-refractivity contribution in [3.8, 4) is 5.75 Å². The number of alkyl halides is 2. The third-order valence-electron chi connectivity index (χ3n) is 3.48. The molecule has 3 aromatic rings. The first kappa shape index (κ1) is 20.1. The summed E-state index contributed by atoms with van der Waals surface area (Å²) in [7, 11) is 0. The van der Waals surface area contributed by atoms with E-state index in [0.29, 0.717) is 23.0 Å². The maximum atomic E-state index is 12.7. The fraction of sp³-hybridized carbons (Fsp3) is 0.167. The summed E-state index contributed by atoms with van der Waals surface area (Å²) in [6, 6.07) is 10.9. The van der Waals surface area contributed by atoms with Crippen LogP contribution in [0.4, 0.5) is 14.5 Å². The molecule has 0 radical (unpaired) electrons. The lowest BCUT2D eigenvalue weighted by molar-refractivity contribution is 0.102. The summed E-state index contributed by atoms with van der Waals surface area (Å²) in [5, 5.41) is 6.46. The second-order valence-corrected chi connectivity index (χ2v) is 6.90. The van der Waals surface area contributed by atoms with Crippen LogP contribution in [0.5, 0.6) is 5.75 Å². The Hall–Kier alpha value is -2.65. The second-order valence-electron chi connectivity index (χ2n) is 5.49. The highest BCUT2D eigenvalue weighted by atomic mass is 35.5. The standard InChI is InChI=1S/C18H14ClF2N3O3S/c1-10-22-15(24-27-10)9-26-12-7-5-11(6-8-12)17(25)23-14-4-2-3-13(19)16(14)28-18(20)21/h2-8,18H,9H2,1H3,(H,23,25). The number of carbonyl (C=O) groups excluding carboxylic acids is 1. The molecule has 0 unspecified atom stereocenters. The molecule has 0 atom stereocenters. The van der Waals surface area contributed by atoms with Crippen molar-refractivity contribution >= 4 is 35.0 Å². The van der Waals surface area contributed by atoms with Gasteiger partial charge in [-0.15, -0.1) is 0 Å². The lowest BCUT2D eigenvalue weighted by Gasteiger charge is -2.12. The lowest BCUT2D eigenvalue weighted by atomic mass is 10.2. The van der Waals surface area contributed by atoms with E-state index >= 15 is 0 Å². The molecular weight excluding hydrogens is 412 g/mol. The maximum absolute atomic E-state index is 12.7. The molecule has 1 heterocycles. The Morgan fingerprint density at radius 2 is 2.04 bits per heavy atom. The van der Waals surface area contributed by atoms with Gasteiger partial charge in [-0.25, -0.2) is 0 Å². The maximum Gasteiger partial charge on any atom is 0.289 e. The number of nitrogens with one attached hydrogen (secondary N) is 1. The number of hydrogen-bond donors (Lipinski definition) is 1. The number of amides is 1. The van der Waals surface area contributed by atoms with E-state index in [-0.39, 0.29) is 34.0 Å². The molecule has 2 aromatic carbocycles. The monoisotopic (exact) mass is 425 g/mol. The number of carbonyl (C=O) groups is 1. The average molecular weight is 426 g/mol. The summed E-state index contributed by atoms with van der Waals surface area (Å²) in [6.07, 6.45) is 0. The SMILES string of the molecule is Cc1nc(COc2ccc(C(=O)Nc3cccc(Cl)c3SC(F)F)cc2)no1. The molecule has 0 bridgehead atoms. The first-order valence-electron chi connectivity index (χ1n) is 7.99. The third-order valence-corrected chi connectivity index (χ3v) is 4.76. The van der Waals surface area contributed by atoms with E-state index < -0.39 is 11.7 Å². The van der Waals surface area contributed by atoms with E-state index in [2.05, 4.69) is 15.5 Å². The summed E-state index contributed by atoms with van der Waals surface area (Å²) < 4.78 is 35.9. The summed E-state index contributed by atoms with van der Waals surface area (Å²) >= 11 is 6.25. The predicted molar refractivity (Wildman–Crippen MR) is 101 cm³/mol. The number of ether oxygens (including phenoxy) is 1. The van der Waals surface area contributed by atoms with Crippen LogP contribution in [0.3, 0.4) is 0 Å². The van der Waals surface area contributed by atoms with E-state index in [4.69, 9.17) is 20.9 Å². The zero-order chi connectivity index (χ0) is 20.1. The number of anilines is 1. The van der Waals surface area contributed by atoms with Crippen LogP contribution in [0.2, 0.25) is 5.02 Å². The van der Waals surface area contributed by atoms with Gasteiger partial charge in [0.2, 0.25) is 11.7 Å². The molecule has 1 aromatic heterocycles. The smallest absolute Gasteiger partial charge is 0.289 e. The fourth-order valence-corrected chi connectivity index (χ4v) is 3.17. The van der Waals surface area contributed by atoms with Gasteiger partial charge >= 0.3 is 0 Å². The Kier molecular flexibility index (Phi) is 6.48. The quantitative estimate of drug-likeness (QED) is 0.526. The Balaban J connectivity index is 1.66. The second kappa shape index (κ2) is 9.03. The Labute approximate surface area is 168 Å². The van der Waals surface area contributed by atoms with E-state index in [1.54, 1.807) is 37.3 Å². The normalized spacial score (nSPS) is 10.9. The van der Waals surface area contributed by atoms with Crippen LogP contribution in [0.15, 0.2) is 51.9 Å². The molecule has 1 N–H and O–H groups in total. The van der Waals surface area contributed by atoms with Crippen LogP contribution in [0, 0.1) is 6.92 Å². The van der Waals surface area contributed by atoms with Gasteiger partial charge in [-0.05, 0) is 36.4 Å². The van der Waals surface area contributed by atoms with Gasteiger partial charge in [0.05, 0.1) is 15.6 Å². The Morgan fingerprint density at radius 3 is 2.68 bits per heavy atom. The molecule has 3 rings (SSSR count). The number of hydrogen-bond acceptors (Lipinski definition) is 6. The molecular formula is C18H14ClF2N3O3S. The Morgan fingerprint density at radius 1 is 1.29 bits per heavy atom. The van der Waals surface area contributed by atoms with Crippen molar-refractivity contribution in [2.24, 2.45) is 0 Å². The molecule has 6 nitrogen and oxygen atoms in total. The minimum Gasteiger partial charge on any atom is -0.485 e. The minimum atomic E-state index is -2.66. The van der Waals surface area contributed by atoms with E-state index in [1.165, 1.54) is 12.1 Å². The van der Waals surface area contributed by atoms with Crippen LogP contribution in [-0.4, -0.2) is 21.8 Å². The molecule has 0 spiro atoms. The van der Waals surface area contributed by atoms with Crippen molar-refractivity contribution in [3.63, 3.8) is 0 Å². The van der Waals surface area contributed by atoms with Crippen molar-refractivity contribution in [2.45, 2.75) is 24.2 Å². The molecule has 28 heavy (non-hydrogen) atoms. The zero-order valence-electron chi connectivity index (χ0n) is 14.5. The van der Waals surface area contributed by atoms with Crippen molar-refractivity contribution in [1.82, 2.24) is 10.1 Å². The predicted octanol–water partition coefficient (Wildman–Crippen LogP) is 5.18. The number of aromatic nitrogens is 2. The third kappa shape index (κ3) is 5.20. The summed E-state index contributed by atoms with van der Waals surface area (Å²) in [4.78, 5) is 16.6. The summed E-state index contributed by atoms with van der Waals surface area (Å²) in [5.41, 5.74) is 0.548. The van der Waals surface area contributed by atoms with Crippen LogP contribution < -0.4 is 10.1 Å². The van der Waals surface area contributed by atoms with Gasteiger partial charge in [0.15, 0.2) is 6.61 Å². The van der Waals surface area contributed by atoms with Crippen LogP contribution in [0.25, 0.3) is 0 Å². The van der Waals surface area contributed by atoms with Gasteiger partial charge < -0.3 is 14.6 Å². The average Bonchev–Trinajstić information content (AvgIpc) is 3.08. The molecule has 146 valence electrons. The van der Waals surface area contributed by atoms with E-state index in [0.717, 1.165) is 0 Å². The van der Waals surface area contributed by atoms with Gasteiger partial charge in [0, 0.05) is 12.5 Å². The number of thioether (sulfide) groups is 1. The van der Waals surface area contributed by atoms with E-state index in [1.807, 2.05) is 0 Å². The van der Waals surface area contributed by atoms with Crippen LogP contribution in [-0.2, 0) is 6.61 Å². The lowest BCUT2D eigenvalue weighted by Crippen LogP contribution is -2.12. The number of halogens is 3. The number of nitrogens with zero attached hydrogens (tertiary/aromatic N) is 2. The molecule has 0 aliphatic carbocycles. The number of rotatable bonds is 7.